The summed E-state index contributed by atoms with van der Waals surface area (Å²) in [6.45, 7) is 3.58. The number of piperazine rings is 1. The molecule has 0 spiro atoms. The standard InChI is InChI=1S/C18H27N3O5.ClH/c1-24-11-6-19-13-17(22)20-7-9-21(10-8-20)18(23)14-4-5-15(25-2)16(12-14)26-3;/h4-5,12,19H,6-11,13H2,1-3H3;1H. The highest BCUT2D eigenvalue weighted by Crippen LogP contribution is 2.28. The number of nitrogens with one attached hydrogen (secondary N) is 1. The number of methoxy groups -OCH3 is 3. The van der Waals surface area contributed by atoms with Crippen molar-refractivity contribution in [3.63, 3.8) is 0 Å². The van der Waals surface area contributed by atoms with Crippen LogP contribution in [0.3, 0.4) is 0 Å². The van der Waals surface area contributed by atoms with Gasteiger partial charge in [0, 0.05) is 45.4 Å². The Morgan fingerprint density at radius 2 is 1.63 bits per heavy atom. The maximum absolute atomic E-state index is 12.7. The number of rotatable bonds is 8. The van der Waals surface area contributed by atoms with Crippen molar-refractivity contribution in [3.05, 3.63) is 23.8 Å². The monoisotopic (exact) mass is 401 g/mol. The Balaban J connectivity index is 0.00000364. The Bertz CT molecular complexity index is 621. The van der Waals surface area contributed by atoms with E-state index < -0.39 is 0 Å². The third-order valence-corrected chi connectivity index (χ3v) is 4.31. The van der Waals surface area contributed by atoms with E-state index in [2.05, 4.69) is 5.32 Å². The molecule has 0 unspecified atom stereocenters. The van der Waals surface area contributed by atoms with Crippen LogP contribution < -0.4 is 14.8 Å². The summed E-state index contributed by atoms with van der Waals surface area (Å²) in [5.41, 5.74) is 0.545. The van der Waals surface area contributed by atoms with Gasteiger partial charge in [0.25, 0.3) is 5.91 Å². The Labute approximate surface area is 166 Å². The molecule has 1 aromatic rings. The van der Waals surface area contributed by atoms with Gasteiger partial charge in [0.1, 0.15) is 0 Å². The molecule has 1 aromatic carbocycles. The summed E-state index contributed by atoms with van der Waals surface area (Å²) in [6, 6.07) is 5.12. The van der Waals surface area contributed by atoms with Gasteiger partial charge in [0.2, 0.25) is 5.91 Å². The van der Waals surface area contributed by atoms with Crippen LogP contribution in [0.2, 0.25) is 0 Å². The van der Waals surface area contributed by atoms with Crippen molar-refractivity contribution in [1.82, 2.24) is 15.1 Å². The van der Waals surface area contributed by atoms with E-state index in [9.17, 15) is 9.59 Å². The lowest BCUT2D eigenvalue weighted by Crippen LogP contribution is -2.52. The maximum atomic E-state index is 12.7. The molecule has 2 rings (SSSR count). The minimum atomic E-state index is -0.0729. The van der Waals surface area contributed by atoms with E-state index in [1.165, 1.54) is 7.11 Å². The summed E-state index contributed by atoms with van der Waals surface area (Å²) in [5, 5.41) is 3.04. The van der Waals surface area contributed by atoms with Crippen molar-refractivity contribution < 1.29 is 23.8 Å². The van der Waals surface area contributed by atoms with Gasteiger partial charge in [-0.15, -0.1) is 12.4 Å². The van der Waals surface area contributed by atoms with Gasteiger partial charge in [-0.25, -0.2) is 0 Å². The first-order valence-corrected chi connectivity index (χ1v) is 8.59. The largest absolute Gasteiger partial charge is 0.493 e. The molecule has 0 radical (unpaired) electrons. The molecular weight excluding hydrogens is 374 g/mol. The Morgan fingerprint density at radius 1 is 1.00 bits per heavy atom. The predicted molar refractivity (Wildman–Crippen MR) is 104 cm³/mol. The fourth-order valence-electron chi connectivity index (χ4n) is 2.79. The Kier molecular flexibility index (Phi) is 9.92. The molecule has 1 aliphatic rings. The molecule has 1 aliphatic heterocycles. The first-order valence-electron chi connectivity index (χ1n) is 8.59. The second kappa shape index (κ2) is 11.6. The summed E-state index contributed by atoms with van der Waals surface area (Å²) >= 11 is 0. The number of nitrogens with zero attached hydrogens (tertiary/aromatic N) is 2. The zero-order valence-electron chi connectivity index (χ0n) is 16.0. The van der Waals surface area contributed by atoms with Crippen molar-refractivity contribution in [1.29, 1.82) is 0 Å². The van der Waals surface area contributed by atoms with Crippen LogP contribution in [0.25, 0.3) is 0 Å². The maximum Gasteiger partial charge on any atom is 0.254 e. The number of carbonyl (C=O) groups is 2. The molecule has 0 aliphatic carbocycles. The van der Waals surface area contributed by atoms with E-state index in [4.69, 9.17) is 14.2 Å². The zero-order chi connectivity index (χ0) is 18.9. The molecule has 0 aromatic heterocycles. The Morgan fingerprint density at radius 3 is 2.22 bits per heavy atom. The van der Waals surface area contributed by atoms with Gasteiger partial charge < -0.3 is 29.3 Å². The molecule has 27 heavy (non-hydrogen) atoms. The number of ether oxygens (including phenoxy) is 3. The SMILES string of the molecule is COCCNCC(=O)N1CCN(C(=O)c2ccc(OC)c(OC)c2)CC1.Cl. The molecule has 0 saturated carbocycles. The molecule has 1 saturated heterocycles. The molecule has 152 valence electrons. The van der Waals surface area contributed by atoms with E-state index in [0.29, 0.717) is 56.4 Å². The molecule has 0 bridgehead atoms. The smallest absolute Gasteiger partial charge is 0.254 e. The molecule has 2 amide bonds. The summed E-state index contributed by atoms with van der Waals surface area (Å²) in [7, 11) is 4.72. The second-order valence-corrected chi connectivity index (χ2v) is 5.91. The molecular formula is C18H28ClN3O5. The molecule has 0 atom stereocenters. The van der Waals surface area contributed by atoms with E-state index in [0.717, 1.165) is 0 Å². The van der Waals surface area contributed by atoms with Gasteiger partial charge in [-0.05, 0) is 18.2 Å². The predicted octanol–water partition coefficient (Wildman–Crippen LogP) is 0.646. The van der Waals surface area contributed by atoms with Crippen LogP contribution in [0, 0.1) is 0 Å². The summed E-state index contributed by atoms with van der Waals surface area (Å²) in [5.74, 6) is 1.07. The molecule has 1 heterocycles. The van der Waals surface area contributed by atoms with Crippen LogP contribution >= 0.6 is 12.4 Å². The fourth-order valence-corrected chi connectivity index (χ4v) is 2.79. The van der Waals surface area contributed by atoms with E-state index in [1.54, 1.807) is 42.2 Å². The molecule has 1 fully saturated rings. The van der Waals surface area contributed by atoms with Gasteiger partial charge in [-0.1, -0.05) is 0 Å². The van der Waals surface area contributed by atoms with Crippen LogP contribution in [0.1, 0.15) is 10.4 Å². The number of halogens is 1. The van der Waals surface area contributed by atoms with Crippen molar-refractivity contribution in [2.75, 3.05) is 67.2 Å². The van der Waals surface area contributed by atoms with E-state index >= 15 is 0 Å². The molecule has 1 N–H and O–H groups in total. The number of benzene rings is 1. The lowest BCUT2D eigenvalue weighted by atomic mass is 10.1. The lowest BCUT2D eigenvalue weighted by Gasteiger charge is -2.35. The summed E-state index contributed by atoms with van der Waals surface area (Å²) in [4.78, 5) is 28.4. The van der Waals surface area contributed by atoms with Crippen molar-refractivity contribution in [3.8, 4) is 11.5 Å². The number of hydrogen-bond acceptors (Lipinski definition) is 6. The Hall–Kier alpha value is -2.03. The van der Waals surface area contributed by atoms with Crippen LogP contribution in [0.5, 0.6) is 11.5 Å². The highest BCUT2D eigenvalue weighted by molar-refractivity contribution is 5.95. The van der Waals surface area contributed by atoms with Gasteiger partial charge in [0.05, 0.1) is 27.4 Å². The summed E-state index contributed by atoms with van der Waals surface area (Å²) < 4.78 is 15.4. The third-order valence-electron chi connectivity index (χ3n) is 4.31. The quantitative estimate of drug-likeness (QED) is 0.644. The van der Waals surface area contributed by atoms with E-state index in [-0.39, 0.29) is 30.8 Å². The summed E-state index contributed by atoms with van der Waals surface area (Å²) in [6.07, 6.45) is 0. The minimum absolute atomic E-state index is 0. The fraction of sp³-hybridized carbons (Fsp3) is 0.556. The number of amides is 2. The van der Waals surface area contributed by atoms with Crippen LogP contribution in [0.4, 0.5) is 0 Å². The van der Waals surface area contributed by atoms with Gasteiger partial charge in [0.15, 0.2) is 11.5 Å². The molecule has 9 heteroatoms. The number of carbonyl (C=O) groups excluding carboxylic acids is 2. The van der Waals surface area contributed by atoms with Crippen LogP contribution in [0.15, 0.2) is 18.2 Å². The first kappa shape index (κ1) is 23.0. The number of hydrogen-bond donors (Lipinski definition) is 1. The lowest BCUT2D eigenvalue weighted by molar-refractivity contribution is -0.131. The topological polar surface area (TPSA) is 80.3 Å². The van der Waals surface area contributed by atoms with Gasteiger partial charge >= 0.3 is 0 Å². The minimum Gasteiger partial charge on any atom is -0.493 e. The van der Waals surface area contributed by atoms with E-state index in [1.807, 2.05) is 0 Å². The molecule has 8 nitrogen and oxygen atoms in total. The zero-order valence-corrected chi connectivity index (χ0v) is 16.8. The van der Waals surface area contributed by atoms with Crippen LogP contribution in [-0.4, -0.2) is 88.8 Å². The second-order valence-electron chi connectivity index (χ2n) is 5.91. The highest BCUT2D eigenvalue weighted by atomic mass is 35.5. The van der Waals surface area contributed by atoms with Crippen molar-refractivity contribution >= 4 is 24.2 Å². The van der Waals surface area contributed by atoms with Crippen LogP contribution in [-0.2, 0) is 9.53 Å². The highest BCUT2D eigenvalue weighted by Gasteiger charge is 2.25. The average Bonchev–Trinajstić information content (AvgIpc) is 2.70. The normalized spacial score (nSPS) is 13.7. The van der Waals surface area contributed by atoms with Crippen molar-refractivity contribution in [2.45, 2.75) is 0 Å². The average molecular weight is 402 g/mol. The first-order chi connectivity index (χ1) is 12.6. The van der Waals surface area contributed by atoms with Gasteiger partial charge in [-0.3, -0.25) is 9.59 Å². The van der Waals surface area contributed by atoms with Gasteiger partial charge in [-0.2, -0.15) is 0 Å². The van der Waals surface area contributed by atoms with Crippen molar-refractivity contribution in [2.24, 2.45) is 0 Å². The third kappa shape index (κ3) is 6.27.